The van der Waals surface area contributed by atoms with Crippen molar-refractivity contribution in [1.82, 2.24) is 0 Å². The molecule has 0 spiro atoms. The first-order valence-corrected chi connectivity index (χ1v) is 6.23. The summed E-state index contributed by atoms with van der Waals surface area (Å²) in [5, 5.41) is 2.87. The molecule has 6 heteroatoms. The standard InChI is InChI=1S/C15H14F2N2O2/c16-11-3-6-14(13(17)7-11)19-8-10-1-4-12(5-2-10)21-9-15(18)20/h1-7,19H,8-9H2,(H2,18,20). The second kappa shape index (κ2) is 6.69. The number of nitrogens with two attached hydrogens (primary N) is 1. The first kappa shape index (κ1) is 14.8. The summed E-state index contributed by atoms with van der Waals surface area (Å²) in [6.45, 7) is 0.192. The number of benzene rings is 2. The first-order chi connectivity index (χ1) is 10.0. The summed E-state index contributed by atoms with van der Waals surface area (Å²) < 4.78 is 31.3. The van der Waals surface area contributed by atoms with Crippen LogP contribution < -0.4 is 15.8 Å². The van der Waals surface area contributed by atoms with Gasteiger partial charge in [-0.3, -0.25) is 4.79 Å². The van der Waals surface area contributed by atoms with Gasteiger partial charge in [-0.25, -0.2) is 8.78 Å². The normalized spacial score (nSPS) is 10.2. The number of primary amides is 1. The predicted octanol–water partition coefficient (Wildman–Crippen LogP) is 2.44. The van der Waals surface area contributed by atoms with Crippen molar-refractivity contribution in [2.75, 3.05) is 11.9 Å². The average molecular weight is 292 g/mol. The smallest absolute Gasteiger partial charge is 0.255 e. The Morgan fingerprint density at radius 3 is 2.48 bits per heavy atom. The van der Waals surface area contributed by atoms with Gasteiger partial charge in [0.25, 0.3) is 5.91 Å². The maximum atomic E-state index is 13.4. The number of anilines is 1. The minimum absolute atomic E-state index is 0.182. The van der Waals surface area contributed by atoms with Gasteiger partial charge < -0.3 is 15.8 Å². The molecule has 2 aromatic rings. The van der Waals surface area contributed by atoms with E-state index in [1.54, 1.807) is 24.3 Å². The molecule has 0 heterocycles. The average Bonchev–Trinajstić information content (AvgIpc) is 2.45. The molecular formula is C15H14F2N2O2. The summed E-state index contributed by atoms with van der Waals surface area (Å²) in [5.74, 6) is -1.29. The molecule has 0 aromatic heterocycles. The molecule has 110 valence electrons. The zero-order valence-corrected chi connectivity index (χ0v) is 11.1. The summed E-state index contributed by atoms with van der Waals surface area (Å²) in [4.78, 5) is 10.6. The molecule has 0 fully saturated rings. The highest BCUT2D eigenvalue weighted by Gasteiger charge is 2.03. The van der Waals surface area contributed by atoms with E-state index in [4.69, 9.17) is 10.5 Å². The molecule has 0 unspecified atom stereocenters. The third kappa shape index (κ3) is 4.45. The predicted molar refractivity (Wildman–Crippen MR) is 74.8 cm³/mol. The fraction of sp³-hybridized carbons (Fsp3) is 0.133. The molecule has 0 saturated heterocycles. The summed E-state index contributed by atoms with van der Waals surface area (Å²) >= 11 is 0. The minimum atomic E-state index is -0.642. The molecule has 0 bridgehead atoms. The van der Waals surface area contributed by atoms with E-state index in [0.29, 0.717) is 12.3 Å². The van der Waals surface area contributed by atoms with Gasteiger partial charge in [0.15, 0.2) is 6.61 Å². The van der Waals surface area contributed by atoms with Crippen LogP contribution in [-0.2, 0) is 11.3 Å². The lowest BCUT2D eigenvalue weighted by molar-refractivity contribution is -0.119. The number of carbonyl (C=O) groups is 1. The molecule has 0 atom stereocenters. The number of nitrogens with one attached hydrogen (secondary N) is 1. The molecule has 0 saturated carbocycles. The molecule has 0 aliphatic carbocycles. The highest BCUT2D eigenvalue weighted by molar-refractivity contribution is 5.75. The van der Waals surface area contributed by atoms with Crippen molar-refractivity contribution in [3.05, 3.63) is 59.7 Å². The van der Waals surface area contributed by atoms with Crippen LogP contribution in [0.15, 0.2) is 42.5 Å². The highest BCUT2D eigenvalue weighted by Crippen LogP contribution is 2.17. The van der Waals surface area contributed by atoms with Crippen molar-refractivity contribution in [2.24, 2.45) is 5.73 Å². The van der Waals surface area contributed by atoms with Gasteiger partial charge in [0, 0.05) is 12.6 Å². The van der Waals surface area contributed by atoms with Crippen LogP contribution in [0.1, 0.15) is 5.56 Å². The Bertz CT molecular complexity index is 630. The van der Waals surface area contributed by atoms with E-state index in [9.17, 15) is 13.6 Å². The SMILES string of the molecule is NC(=O)COc1ccc(CNc2ccc(F)cc2F)cc1. The van der Waals surface area contributed by atoms with E-state index in [-0.39, 0.29) is 12.3 Å². The van der Waals surface area contributed by atoms with Crippen LogP contribution in [0.4, 0.5) is 14.5 Å². The number of rotatable bonds is 6. The second-order valence-corrected chi connectivity index (χ2v) is 4.38. The highest BCUT2D eigenvalue weighted by atomic mass is 19.1. The summed E-state index contributed by atoms with van der Waals surface area (Å²) in [5.41, 5.74) is 6.08. The lowest BCUT2D eigenvalue weighted by atomic mass is 10.2. The van der Waals surface area contributed by atoms with Crippen LogP contribution in [0.3, 0.4) is 0 Å². The fourth-order valence-corrected chi connectivity index (χ4v) is 1.69. The molecule has 3 N–H and O–H groups in total. The minimum Gasteiger partial charge on any atom is -0.484 e. The lowest BCUT2D eigenvalue weighted by Crippen LogP contribution is -2.19. The Balaban J connectivity index is 1.92. The Hall–Kier alpha value is -2.63. The molecule has 0 radical (unpaired) electrons. The summed E-state index contributed by atoms with van der Waals surface area (Å²) in [6.07, 6.45) is 0. The quantitative estimate of drug-likeness (QED) is 0.859. The van der Waals surface area contributed by atoms with Gasteiger partial charge in [-0.2, -0.15) is 0 Å². The molecule has 21 heavy (non-hydrogen) atoms. The maximum absolute atomic E-state index is 13.4. The molecule has 0 aliphatic rings. The summed E-state index contributed by atoms with van der Waals surface area (Å²) in [6, 6.07) is 10.3. The van der Waals surface area contributed by atoms with Gasteiger partial charge in [-0.1, -0.05) is 12.1 Å². The topological polar surface area (TPSA) is 64.4 Å². The Kier molecular flexibility index (Phi) is 4.71. The fourth-order valence-electron chi connectivity index (χ4n) is 1.69. The van der Waals surface area contributed by atoms with Crippen LogP contribution >= 0.6 is 0 Å². The number of carbonyl (C=O) groups excluding carboxylic acids is 1. The van der Waals surface area contributed by atoms with E-state index in [2.05, 4.69) is 5.32 Å². The largest absolute Gasteiger partial charge is 0.484 e. The van der Waals surface area contributed by atoms with E-state index in [0.717, 1.165) is 11.6 Å². The van der Waals surface area contributed by atoms with Crippen molar-refractivity contribution in [2.45, 2.75) is 6.54 Å². The molecule has 2 rings (SSSR count). The molecule has 1 amide bonds. The van der Waals surface area contributed by atoms with Crippen LogP contribution in [0.5, 0.6) is 5.75 Å². The number of hydrogen-bond donors (Lipinski definition) is 2. The molecule has 2 aromatic carbocycles. The Morgan fingerprint density at radius 1 is 1.14 bits per heavy atom. The van der Waals surface area contributed by atoms with E-state index in [1.807, 2.05) is 0 Å². The van der Waals surface area contributed by atoms with Crippen LogP contribution in [0.25, 0.3) is 0 Å². The molecule has 4 nitrogen and oxygen atoms in total. The van der Waals surface area contributed by atoms with Gasteiger partial charge in [0.2, 0.25) is 0 Å². The molecule has 0 aliphatic heterocycles. The van der Waals surface area contributed by atoms with Gasteiger partial charge in [-0.05, 0) is 29.8 Å². The number of ether oxygens (including phenoxy) is 1. The van der Waals surface area contributed by atoms with Crippen LogP contribution in [0.2, 0.25) is 0 Å². The summed E-state index contributed by atoms with van der Waals surface area (Å²) in [7, 11) is 0. The Morgan fingerprint density at radius 2 is 1.86 bits per heavy atom. The van der Waals surface area contributed by atoms with E-state index >= 15 is 0 Å². The molecular weight excluding hydrogens is 278 g/mol. The number of amides is 1. The van der Waals surface area contributed by atoms with Crippen LogP contribution in [0, 0.1) is 11.6 Å². The van der Waals surface area contributed by atoms with Gasteiger partial charge >= 0.3 is 0 Å². The Labute approximate surface area is 120 Å². The van der Waals surface area contributed by atoms with Crippen molar-refractivity contribution < 1.29 is 18.3 Å². The van der Waals surface area contributed by atoms with Gasteiger partial charge in [-0.15, -0.1) is 0 Å². The zero-order chi connectivity index (χ0) is 15.2. The van der Waals surface area contributed by atoms with Crippen molar-refractivity contribution in [3.8, 4) is 5.75 Å². The van der Waals surface area contributed by atoms with Crippen molar-refractivity contribution in [3.63, 3.8) is 0 Å². The number of hydrogen-bond acceptors (Lipinski definition) is 3. The maximum Gasteiger partial charge on any atom is 0.255 e. The van der Waals surface area contributed by atoms with Crippen molar-refractivity contribution >= 4 is 11.6 Å². The third-order valence-corrected chi connectivity index (χ3v) is 2.72. The van der Waals surface area contributed by atoms with Gasteiger partial charge in [0.05, 0.1) is 5.69 Å². The zero-order valence-electron chi connectivity index (χ0n) is 11.1. The monoisotopic (exact) mass is 292 g/mol. The van der Waals surface area contributed by atoms with Crippen LogP contribution in [-0.4, -0.2) is 12.5 Å². The van der Waals surface area contributed by atoms with Gasteiger partial charge in [0.1, 0.15) is 17.4 Å². The van der Waals surface area contributed by atoms with E-state index < -0.39 is 17.5 Å². The third-order valence-electron chi connectivity index (χ3n) is 2.72. The number of halogens is 2. The first-order valence-electron chi connectivity index (χ1n) is 6.23. The lowest BCUT2D eigenvalue weighted by Gasteiger charge is -2.09. The van der Waals surface area contributed by atoms with Crippen molar-refractivity contribution in [1.29, 1.82) is 0 Å². The van der Waals surface area contributed by atoms with E-state index in [1.165, 1.54) is 12.1 Å². The second-order valence-electron chi connectivity index (χ2n) is 4.38.